The van der Waals surface area contributed by atoms with Crippen LogP contribution in [-0.2, 0) is 13.1 Å². The van der Waals surface area contributed by atoms with Gasteiger partial charge in [0, 0.05) is 19.3 Å². The van der Waals surface area contributed by atoms with Gasteiger partial charge in [-0.05, 0) is 18.5 Å². The molecule has 2 rings (SSSR count). The fourth-order valence-corrected chi connectivity index (χ4v) is 1.81. The van der Waals surface area contributed by atoms with Crippen LogP contribution in [0.4, 0.5) is 0 Å². The van der Waals surface area contributed by atoms with E-state index in [1.54, 1.807) is 0 Å². The van der Waals surface area contributed by atoms with E-state index >= 15 is 0 Å². The molecule has 1 N–H and O–H groups in total. The van der Waals surface area contributed by atoms with Gasteiger partial charge in [0.1, 0.15) is 0 Å². The first-order valence-electron chi connectivity index (χ1n) is 6.14. The predicted molar refractivity (Wildman–Crippen MR) is 69.8 cm³/mol. The lowest BCUT2D eigenvalue weighted by Gasteiger charge is -2.08. The first kappa shape index (κ1) is 11.9. The van der Waals surface area contributed by atoms with E-state index in [4.69, 9.17) is 0 Å². The molecule has 0 aliphatic heterocycles. The lowest BCUT2D eigenvalue weighted by molar-refractivity contribution is 0.630. The van der Waals surface area contributed by atoms with E-state index in [-0.39, 0.29) is 0 Å². The molecule has 2 aromatic rings. The van der Waals surface area contributed by atoms with E-state index in [1.165, 1.54) is 11.3 Å². The fraction of sp³-hybridized carbons (Fsp3) is 0.357. The summed E-state index contributed by atoms with van der Waals surface area (Å²) in [6.45, 7) is 5.01. The van der Waals surface area contributed by atoms with Crippen molar-refractivity contribution in [1.82, 2.24) is 14.9 Å². The highest BCUT2D eigenvalue weighted by Crippen LogP contribution is 2.05. The molecule has 0 bridgehead atoms. The van der Waals surface area contributed by atoms with E-state index < -0.39 is 0 Å². The van der Waals surface area contributed by atoms with Crippen molar-refractivity contribution in [2.75, 3.05) is 6.54 Å². The summed E-state index contributed by atoms with van der Waals surface area (Å²) in [5.74, 6) is 0. The number of hydrogen-bond donors (Lipinski definition) is 1. The lowest BCUT2D eigenvalue weighted by atomic mass is 10.2. The average molecular weight is 229 g/mol. The third-order valence-electron chi connectivity index (χ3n) is 2.73. The zero-order chi connectivity index (χ0) is 11.9. The fourth-order valence-electron chi connectivity index (χ4n) is 1.81. The molecule has 0 saturated heterocycles. The summed E-state index contributed by atoms with van der Waals surface area (Å²) in [6, 6.07) is 10.5. The van der Waals surface area contributed by atoms with Crippen molar-refractivity contribution in [3.8, 4) is 0 Å². The quantitative estimate of drug-likeness (QED) is 0.771. The van der Waals surface area contributed by atoms with Crippen molar-refractivity contribution in [3.05, 3.63) is 54.1 Å². The molecule has 0 amide bonds. The van der Waals surface area contributed by atoms with Gasteiger partial charge >= 0.3 is 0 Å². The summed E-state index contributed by atoms with van der Waals surface area (Å²) in [4.78, 5) is 4.22. The summed E-state index contributed by atoms with van der Waals surface area (Å²) in [5.41, 5.74) is 2.55. The molecule has 17 heavy (non-hydrogen) atoms. The summed E-state index contributed by atoms with van der Waals surface area (Å²) in [7, 11) is 0. The largest absolute Gasteiger partial charge is 0.329 e. The van der Waals surface area contributed by atoms with Crippen LogP contribution in [0.3, 0.4) is 0 Å². The summed E-state index contributed by atoms with van der Waals surface area (Å²) >= 11 is 0. The van der Waals surface area contributed by atoms with Crippen LogP contribution in [0.2, 0.25) is 0 Å². The molecule has 0 spiro atoms. The minimum Gasteiger partial charge on any atom is -0.329 e. The number of rotatable bonds is 6. The molecule has 0 aliphatic rings. The van der Waals surface area contributed by atoms with E-state index in [0.29, 0.717) is 0 Å². The third kappa shape index (κ3) is 3.43. The molecule has 1 heterocycles. The molecule has 0 saturated carbocycles. The molecule has 1 aromatic carbocycles. The molecule has 1 aromatic heterocycles. The number of aromatic nitrogens is 2. The minimum absolute atomic E-state index is 0.890. The Hall–Kier alpha value is -1.61. The second kappa shape index (κ2) is 6.21. The van der Waals surface area contributed by atoms with Crippen molar-refractivity contribution in [1.29, 1.82) is 0 Å². The highest BCUT2D eigenvalue weighted by Gasteiger charge is 2.01. The minimum atomic E-state index is 0.890. The van der Waals surface area contributed by atoms with Crippen molar-refractivity contribution in [2.45, 2.75) is 26.4 Å². The van der Waals surface area contributed by atoms with E-state index in [2.05, 4.69) is 46.1 Å². The predicted octanol–water partition coefficient (Wildman–Crippen LogP) is 2.43. The first-order valence-corrected chi connectivity index (χ1v) is 6.14. The molecular weight excluding hydrogens is 210 g/mol. The van der Waals surface area contributed by atoms with Crippen LogP contribution in [-0.4, -0.2) is 16.1 Å². The van der Waals surface area contributed by atoms with Crippen LogP contribution in [0.1, 0.15) is 24.6 Å². The van der Waals surface area contributed by atoms with E-state index in [0.717, 1.165) is 26.1 Å². The Labute approximate surface area is 103 Å². The van der Waals surface area contributed by atoms with Crippen LogP contribution in [0.5, 0.6) is 0 Å². The zero-order valence-electron chi connectivity index (χ0n) is 10.3. The molecule has 0 aliphatic carbocycles. The maximum absolute atomic E-state index is 4.22. The normalized spacial score (nSPS) is 10.6. The van der Waals surface area contributed by atoms with Crippen LogP contribution in [0, 0.1) is 0 Å². The maximum Gasteiger partial charge on any atom is 0.0951 e. The summed E-state index contributed by atoms with van der Waals surface area (Å²) in [5, 5.41) is 3.40. The van der Waals surface area contributed by atoms with Crippen LogP contribution < -0.4 is 5.32 Å². The Bertz CT molecular complexity index is 434. The lowest BCUT2D eigenvalue weighted by Crippen LogP contribution is -2.16. The maximum atomic E-state index is 4.22. The molecule has 0 unspecified atom stereocenters. The van der Waals surface area contributed by atoms with E-state index in [1.807, 2.05) is 18.6 Å². The Morgan fingerprint density at radius 3 is 2.82 bits per heavy atom. The first-order chi connectivity index (χ1) is 8.40. The topological polar surface area (TPSA) is 29.9 Å². The molecule has 90 valence electrons. The molecule has 0 fully saturated rings. The summed E-state index contributed by atoms with van der Waals surface area (Å²) < 4.78 is 2.19. The molecular formula is C14H19N3. The molecule has 0 atom stereocenters. The second-order valence-corrected chi connectivity index (χ2v) is 4.18. The molecule has 3 nitrogen and oxygen atoms in total. The van der Waals surface area contributed by atoms with Gasteiger partial charge < -0.3 is 9.88 Å². The number of hydrogen-bond acceptors (Lipinski definition) is 2. The Balaban J connectivity index is 1.99. The summed E-state index contributed by atoms with van der Waals surface area (Å²) in [6.07, 6.45) is 4.99. The van der Waals surface area contributed by atoms with Crippen LogP contribution in [0.25, 0.3) is 0 Å². The van der Waals surface area contributed by atoms with Crippen molar-refractivity contribution < 1.29 is 0 Å². The van der Waals surface area contributed by atoms with Gasteiger partial charge in [0.05, 0.1) is 12.0 Å². The number of nitrogens with one attached hydrogen (secondary N) is 1. The van der Waals surface area contributed by atoms with Gasteiger partial charge in [0.25, 0.3) is 0 Å². The van der Waals surface area contributed by atoms with Gasteiger partial charge in [-0.15, -0.1) is 0 Å². The highest BCUT2D eigenvalue weighted by molar-refractivity contribution is 5.16. The molecule has 3 heteroatoms. The average Bonchev–Trinajstić information content (AvgIpc) is 2.79. The van der Waals surface area contributed by atoms with Gasteiger partial charge in [-0.1, -0.05) is 37.3 Å². The number of imidazole rings is 1. The number of nitrogens with zero attached hydrogens (tertiary/aromatic N) is 2. The smallest absolute Gasteiger partial charge is 0.0951 e. The Morgan fingerprint density at radius 2 is 2.06 bits per heavy atom. The second-order valence-electron chi connectivity index (χ2n) is 4.18. The van der Waals surface area contributed by atoms with Gasteiger partial charge in [0.15, 0.2) is 0 Å². The van der Waals surface area contributed by atoms with Crippen molar-refractivity contribution in [3.63, 3.8) is 0 Å². The van der Waals surface area contributed by atoms with Gasteiger partial charge in [0.2, 0.25) is 0 Å². The van der Waals surface area contributed by atoms with Gasteiger partial charge in [-0.2, -0.15) is 0 Å². The zero-order valence-corrected chi connectivity index (χ0v) is 10.3. The third-order valence-corrected chi connectivity index (χ3v) is 2.73. The Morgan fingerprint density at radius 1 is 1.24 bits per heavy atom. The Kier molecular flexibility index (Phi) is 4.33. The van der Waals surface area contributed by atoms with Gasteiger partial charge in [-0.3, -0.25) is 0 Å². The monoisotopic (exact) mass is 229 g/mol. The van der Waals surface area contributed by atoms with Crippen molar-refractivity contribution in [2.24, 2.45) is 0 Å². The SMILES string of the molecule is CCCNCc1cncn1Cc1ccccc1. The molecule has 0 radical (unpaired) electrons. The van der Waals surface area contributed by atoms with Crippen LogP contribution in [0.15, 0.2) is 42.9 Å². The van der Waals surface area contributed by atoms with E-state index in [9.17, 15) is 0 Å². The van der Waals surface area contributed by atoms with Crippen LogP contribution >= 0.6 is 0 Å². The van der Waals surface area contributed by atoms with Crippen molar-refractivity contribution >= 4 is 0 Å². The highest BCUT2D eigenvalue weighted by atomic mass is 15.1. The number of benzene rings is 1. The standard InChI is InChI=1S/C14H19N3/c1-2-8-15-9-14-10-16-12-17(14)11-13-6-4-3-5-7-13/h3-7,10,12,15H,2,8-9,11H2,1H3. The van der Waals surface area contributed by atoms with Gasteiger partial charge in [-0.25, -0.2) is 4.98 Å².